The predicted octanol–water partition coefficient (Wildman–Crippen LogP) is 5.38. The maximum atomic E-state index is 13.8. The first-order valence-electron chi connectivity index (χ1n) is 14.4. The number of rotatable bonds is 6. The van der Waals surface area contributed by atoms with Gasteiger partial charge in [0.05, 0.1) is 0 Å². The van der Waals surface area contributed by atoms with Gasteiger partial charge in [0.25, 0.3) is 11.8 Å². The van der Waals surface area contributed by atoms with Crippen LogP contribution in [0.5, 0.6) is 5.75 Å². The molecule has 41 heavy (non-hydrogen) atoms. The Labute approximate surface area is 239 Å². The van der Waals surface area contributed by atoms with Crippen molar-refractivity contribution in [3.63, 3.8) is 0 Å². The third-order valence-electron chi connectivity index (χ3n) is 8.61. The second-order valence-corrected chi connectivity index (χ2v) is 11.9. The van der Waals surface area contributed by atoms with Crippen LogP contribution in [0.25, 0.3) is 11.1 Å². The van der Waals surface area contributed by atoms with E-state index in [1.54, 1.807) is 24.3 Å². The fourth-order valence-corrected chi connectivity index (χ4v) is 6.45. The van der Waals surface area contributed by atoms with E-state index in [0.717, 1.165) is 50.0 Å². The summed E-state index contributed by atoms with van der Waals surface area (Å²) in [5, 5.41) is 3.43. The van der Waals surface area contributed by atoms with E-state index in [0.29, 0.717) is 41.6 Å². The van der Waals surface area contributed by atoms with Gasteiger partial charge in [0.15, 0.2) is 17.2 Å². The van der Waals surface area contributed by atoms with Gasteiger partial charge in [0.1, 0.15) is 5.75 Å². The molecular formula is C33H35F2N3O3. The molecule has 3 saturated heterocycles. The van der Waals surface area contributed by atoms with Gasteiger partial charge in [0.2, 0.25) is 0 Å². The van der Waals surface area contributed by atoms with Gasteiger partial charge in [-0.25, -0.2) is 8.78 Å². The first-order valence-corrected chi connectivity index (χ1v) is 14.4. The number of benzene rings is 3. The zero-order valence-corrected chi connectivity index (χ0v) is 23.4. The number of carbonyl (C=O) groups excluding carboxylic acids is 2. The van der Waals surface area contributed by atoms with Crippen molar-refractivity contribution in [1.29, 1.82) is 0 Å². The van der Waals surface area contributed by atoms with Crippen molar-refractivity contribution in [3.8, 4) is 16.9 Å². The molecule has 3 atom stereocenters. The van der Waals surface area contributed by atoms with Gasteiger partial charge in [-0.1, -0.05) is 30.3 Å². The minimum atomic E-state index is -0.990. The van der Waals surface area contributed by atoms with Gasteiger partial charge < -0.3 is 19.9 Å². The summed E-state index contributed by atoms with van der Waals surface area (Å²) in [5.74, 6) is -1.13. The maximum absolute atomic E-state index is 13.8. The number of amides is 2. The van der Waals surface area contributed by atoms with Gasteiger partial charge in [0, 0.05) is 49.7 Å². The molecule has 2 amide bonds. The van der Waals surface area contributed by atoms with E-state index in [9.17, 15) is 18.4 Å². The molecule has 0 aliphatic carbocycles. The van der Waals surface area contributed by atoms with E-state index in [1.807, 2.05) is 41.8 Å². The molecule has 0 saturated carbocycles. The zero-order chi connectivity index (χ0) is 28.7. The summed E-state index contributed by atoms with van der Waals surface area (Å²) >= 11 is 0. The van der Waals surface area contributed by atoms with Crippen molar-refractivity contribution < 1.29 is 23.1 Å². The summed E-state index contributed by atoms with van der Waals surface area (Å²) in [4.78, 5) is 30.7. The molecule has 3 aliphatic heterocycles. The van der Waals surface area contributed by atoms with Crippen LogP contribution >= 0.6 is 0 Å². The average molecular weight is 560 g/mol. The molecule has 1 N–H and O–H groups in total. The lowest BCUT2D eigenvalue weighted by atomic mass is 9.90. The molecule has 0 radical (unpaired) electrons. The Balaban J connectivity index is 1.14. The monoisotopic (exact) mass is 559 g/mol. The van der Waals surface area contributed by atoms with Crippen molar-refractivity contribution in [1.82, 2.24) is 15.1 Å². The molecule has 8 heteroatoms. The first-order chi connectivity index (χ1) is 19.7. The minimum absolute atomic E-state index is 0.0111. The van der Waals surface area contributed by atoms with Crippen LogP contribution in [0.4, 0.5) is 8.78 Å². The summed E-state index contributed by atoms with van der Waals surface area (Å²) in [6.07, 6.45) is 2.80. The number of nitrogens with zero attached hydrogens (tertiary/aromatic N) is 2. The average Bonchev–Trinajstić information content (AvgIpc) is 3.62. The number of fused-ring (bicyclic) bond motifs is 2. The predicted molar refractivity (Wildman–Crippen MR) is 153 cm³/mol. The normalized spacial score (nSPS) is 22.2. The highest BCUT2D eigenvalue weighted by molar-refractivity contribution is 5.95. The van der Waals surface area contributed by atoms with Crippen LogP contribution in [0.3, 0.4) is 0 Å². The Morgan fingerprint density at radius 3 is 2.51 bits per heavy atom. The topological polar surface area (TPSA) is 61.9 Å². The van der Waals surface area contributed by atoms with Crippen LogP contribution in [-0.4, -0.2) is 65.5 Å². The second-order valence-electron chi connectivity index (χ2n) is 11.9. The van der Waals surface area contributed by atoms with Crippen molar-refractivity contribution in [2.24, 2.45) is 0 Å². The number of hydrogen-bond acceptors (Lipinski definition) is 4. The maximum Gasteiger partial charge on any atom is 0.266 e. The van der Waals surface area contributed by atoms with Crippen LogP contribution < -0.4 is 10.1 Å². The summed E-state index contributed by atoms with van der Waals surface area (Å²) in [6, 6.07) is 19.3. The lowest BCUT2D eigenvalue weighted by molar-refractivity contribution is -0.146. The van der Waals surface area contributed by atoms with E-state index in [1.165, 1.54) is 6.07 Å². The number of nitrogens with one attached hydrogen (secondary N) is 1. The quantitative estimate of drug-likeness (QED) is 0.441. The third-order valence-corrected chi connectivity index (χ3v) is 8.61. The molecule has 3 aromatic rings. The second kappa shape index (κ2) is 10.9. The van der Waals surface area contributed by atoms with Crippen LogP contribution in [-0.2, 0) is 4.79 Å². The van der Waals surface area contributed by atoms with Gasteiger partial charge in [-0.3, -0.25) is 9.59 Å². The smallest absolute Gasteiger partial charge is 0.266 e. The van der Waals surface area contributed by atoms with E-state index in [4.69, 9.17) is 4.74 Å². The molecule has 3 heterocycles. The zero-order valence-electron chi connectivity index (χ0n) is 23.4. The largest absolute Gasteiger partial charge is 0.478 e. The molecule has 214 valence electrons. The fourth-order valence-electron chi connectivity index (χ4n) is 6.45. The van der Waals surface area contributed by atoms with Gasteiger partial charge >= 0.3 is 0 Å². The SMILES string of the molecule is CC(C)(Oc1cccc(C2CCCN(C(=O)c3cccc(-c4ccc(F)c(F)c4)c3)C2)c1)C(=O)N1C[C@H]2C[C@@H]1CN2. The van der Waals surface area contributed by atoms with Crippen molar-refractivity contribution in [2.75, 3.05) is 26.2 Å². The summed E-state index contributed by atoms with van der Waals surface area (Å²) in [7, 11) is 0. The highest BCUT2D eigenvalue weighted by Crippen LogP contribution is 2.33. The van der Waals surface area contributed by atoms with Gasteiger partial charge in [-0.05, 0) is 86.2 Å². The molecule has 3 aromatic carbocycles. The van der Waals surface area contributed by atoms with Gasteiger partial charge in [-0.2, -0.15) is 0 Å². The minimum Gasteiger partial charge on any atom is -0.478 e. The molecule has 0 aromatic heterocycles. The van der Waals surface area contributed by atoms with Gasteiger partial charge in [-0.15, -0.1) is 0 Å². The summed E-state index contributed by atoms with van der Waals surface area (Å²) in [6.45, 7) is 6.44. The van der Waals surface area contributed by atoms with Crippen molar-refractivity contribution >= 4 is 11.8 Å². The Morgan fingerprint density at radius 1 is 0.951 bits per heavy atom. The number of carbonyl (C=O) groups is 2. The molecular weight excluding hydrogens is 524 g/mol. The third kappa shape index (κ3) is 5.58. The molecule has 2 bridgehead atoms. The summed E-state index contributed by atoms with van der Waals surface area (Å²) in [5.41, 5.74) is 1.76. The summed E-state index contributed by atoms with van der Waals surface area (Å²) < 4.78 is 33.5. The number of piperazine rings is 1. The van der Waals surface area contributed by atoms with Crippen LogP contribution in [0, 0.1) is 11.6 Å². The highest BCUT2D eigenvalue weighted by Gasteiger charge is 2.45. The molecule has 3 fully saturated rings. The van der Waals surface area contributed by atoms with E-state index >= 15 is 0 Å². The highest BCUT2D eigenvalue weighted by atomic mass is 19.2. The lowest BCUT2D eigenvalue weighted by Gasteiger charge is -2.35. The van der Waals surface area contributed by atoms with E-state index in [-0.39, 0.29) is 23.8 Å². The van der Waals surface area contributed by atoms with Crippen LogP contribution in [0.15, 0.2) is 66.7 Å². The number of hydrogen-bond donors (Lipinski definition) is 1. The fraction of sp³-hybridized carbons (Fsp3) is 0.394. The Bertz CT molecular complexity index is 1480. The Morgan fingerprint density at radius 2 is 1.76 bits per heavy atom. The van der Waals surface area contributed by atoms with Crippen LogP contribution in [0.1, 0.15) is 54.9 Å². The van der Waals surface area contributed by atoms with Crippen molar-refractivity contribution in [2.45, 2.75) is 56.7 Å². The Kier molecular flexibility index (Phi) is 7.28. The number of halogens is 2. The number of piperidine rings is 1. The number of likely N-dealkylation sites (tertiary alicyclic amines) is 2. The van der Waals surface area contributed by atoms with Crippen LogP contribution in [0.2, 0.25) is 0 Å². The number of ether oxygens (including phenoxy) is 1. The lowest BCUT2D eigenvalue weighted by Crippen LogP contribution is -2.55. The van der Waals surface area contributed by atoms with Crippen molar-refractivity contribution in [3.05, 3.63) is 89.5 Å². The van der Waals surface area contributed by atoms with E-state index in [2.05, 4.69) is 11.4 Å². The Hall–Kier alpha value is -3.78. The van der Waals surface area contributed by atoms with E-state index < -0.39 is 17.2 Å². The molecule has 3 aliphatic rings. The first kappa shape index (κ1) is 27.4. The molecule has 0 spiro atoms. The molecule has 6 rings (SSSR count). The standard InChI is InChI=1S/C33H35F2N3O3/c1-33(2,32(40)38-20-26-17-27(38)18-36-26)41-28-10-4-7-22(15-28)25-9-5-13-37(19-25)31(39)24-8-3-6-21(14-24)23-11-12-29(34)30(35)16-23/h3-4,6-8,10-12,14-16,25-27,36H,5,9,13,17-20H2,1-2H3/t25?,26-,27-/m1/s1. The molecule has 6 nitrogen and oxygen atoms in total. The molecule has 1 unspecified atom stereocenters.